The number of nitro groups is 1. The molecule has 0 aliphatic carbocycles. The van der Waals surface area contributed by atoms with E-state index in [4.69, 9.17) is 4.74 Å². The number of rotatable bonds is 7. The zero-order valence-corrected chi connectivity index (χ0v) is 16.1. The first-order chi connectivity index (χ1) is 13.4. The van der Waals surface area contributed by atoms with E-state index in [-0.39, 0.29) is 18.1 Å². The van der Waals surface area contributed by atoms with E-state index in [9.17, 15) is 19.7 Å². The monoisotopic (exact) mass is 399 g/mol. The summed E-state index contributed by atoms with van der Waals surface area (Å²) in [5.74, 6) is -0.829. The van der Waals surface area contributed by atoms with Gasteiger partial charge in [0.2, 0.25) is 5.78 Å². The average Bonchev–Trinajstić information content (AvgIpc) is 3.29. The Bertz CT molecular complexity index is 1020. The van der Waals surface area contributed by atoms with Crippen LogP contribution in [0.15, 0.2) is 41.8 Å². The van der Waals surface area contributed by atoms with Crippen molar-refractivity contribution in [1.29, 1.82) is 0 Å². The van der Waals surface area contributed by atoms with Crippen molar-refractivity contribution >= 4 is 28.8 Å². The molecule has 0 amide bonds. The highest BCUT2D eigenvalue weighted by Gasteiger charge is 2.21. The largest absolute Gasteiger partial charge is 0.454 e. The molecule has 0 aliphatic rings. The van der Waals surface area contributed by atoms with Crippen molar-refractivity contribution in [2.24, 2.45) is 0 Å². The van der Waals surface area contributed by atoms with Crippen molar-refractivity contribution in [3.05, 3.63) is 79.3 Å². The molecule has 0 unspecified atom stereocenters. The van der Waals surface area contributed by atoms with Gasteiger partial charge in [-0.25, -0.2) is 4.79 Å². The van der Waals surface area contributed by atoms with Crippen LogP contribution in [0.25, 0.3) is 0 Å². The molecule has 0 spiro atoms. The van der Waals surface area contributed by atoms with Gasteiger partial charge in [0.05, 0.1) is 21.9 Å². The van der Waals surface area contributed by atoms with Crippen molar-refractivity contribution in [2.75, 3.05) is 6.61 Å². The van der Waals surface area contributed by atoms with Crippen LogP contribution in [0.5, 0.6) is 0 Å². The summed E-state index contributed by atoms with van der Waals surface area (Å²) in [6.07, 6.45) is 0. The Balaban J connectivity index is 1.63. The standard InChI is InChI=1S/C19H17N3O5S/c1-12-18(22(25)26)13(2)21(20-12)10-14-5-7-15(8-6-14)19(24)27-11-16(23)17-4-3-9-28-17/h3-9H,10-11H2,1-2H3. The van der Waals surface area contributed by atoms with Crippen molar-refractivity contribution in [2.45, 2.75) is 20.4 Å². The molecule has 1 aromatic carbocycles. The number of nitrogens with zero attached hydrogens (tertiary/aromatic N) is 3. The van der Waals surface area contributed by atoms with Gasteiger partial charge in [0.15, 0.2) is 6.61 Å². The fourth-order valence-electron chi connectivity index (χ4n) is 2.75. The molecule has 144 valence electrons. The molecule has 8 nitrogen and oxygen atoms in total. The molecule has 3 rings (SSSR count). The molecular formula is C19H17N3O5S. The Morgan fingerprint density at radius 2 is 1.93 bits per heavy atom. The second-order valence-electron chi connectivity index (χ2n) is 6.11. The van der Waals surface area contributed by atoms with E-state index in [1.165, 1.54) is 11.3 Å². The summed E-state index contributed by atoms with van der Waals surface area (Å²) >= 11 is 1.30. The number of hydrogen-bond donors (Lipinski definition) is 0. The molecule has 0 fully saturated rings. The first-order valence-electron chi connectivity index (χ1n) is 8.38. The van der Waals surface area contributed by atoms with Gasteiger partial charge in [-0.2, -0.15) is 5.10 Å². The maximum absolute atomic E-state index is 12.1. The van der Waals surface area contributed by atoms with Gasteiger partial charge in [-0.15, -0.1) is 11.3 Å². The van der Waals surface area contributed by atoms with Gasteiger partial charge in [0.25, 0.3) is 0 Å². The van der Waals surface area contributed by atoms with Crippen LogP contribution in [-0.4, -0.2) is 33.1 Å². The number of esters is 1. The van der Waals surface area contributed by atoms with Gasteiger partial charge >= 0.3 is 11.7 Å². The molecule has 0 bridgehead atoms. The van der Waals surface area contributed by atoms with Crippen LogP contribution in [0.2, 0.25) is 0 Å². The molecule has 0 aliphatic heterocycles. The number of thiophene rings is 1. The molecule has 0 radical (unpaired) electrons. The summed E-state index contributed by atoms with van der Waals surface area (Å²) in [5.41, 5.74) is 1.99. The lowest BCUT2D eigenvalue weighted by Crippen LogP contribution is -2.13. The topological polar surface area (TPSA) is 104 Å². The number of carbonyl (C=O) groups is 2. The SMILES string of the molecule is Cc1nn(Cc2ccc(C(=O)OCC(=O)c3cccs3)cc2)c(C)c1[N+](=O)[O-]. The summed E-state index contributed by atoms with van der Waals surface area (Å²) in [6.45, 7) is 3.27. The van der Waals surface area contributed by atoms with Crippen LogP contribution >= 0.6 is 11.3 Å². The second-order valence-corrected chi connectivity index (χ2v) is 7.06. The predicted octanol–water partition coefficient (Wildman–Crippen LogP) is 3.56. The minimum absolute atomic E-state index is 0.00982. The highest BCUT2D eigenvalue weighted by Crippen LogP contribution is 2.22. The Kier molecular flexibility index (Phi) is 5.65. The minimum Gasteiger partial charge on any atom is -0.454 e. The summed E-state index contributed by atoms with van der Waals surface area (Å²) in [5, 5.41) is 17.1. The lowest BCUT2D eigenvalue weighted by molar-refractivity contribution is -0.386. The lowest BCUT2D eigenvalue weighted by atomic mass is 10.1. The number of carbonyl (C=O) groups excluding carboxylic acids is 2. The molecule has 2 heterocycles. The number of aromatic nitrogens is 2. The Hall–Kier alpha value is -3.33. The van der Waals surface area contributed by atoms with Crippen LogP contribution in [0.1, 0.15) is 37.0 Å². The molecule has 28 heavy (non-hydrogen) atoms. The minimum atomic E-state index is -0.585. The molecule has 0 saturated heterocycles. The quantitative estimate of drug-likeness (QED) is 0.260. The van der Waals surface area contributed by atoms with E-state index in [0.717, 1.165) is 5.56 Å². The highest BCUT2D eigenvalue weighted by molar-refractivity contribution is 7.12. The second kappa shape index (κ2) is 8.13. The zero-order valence-electron chi connectivity index (χ0n) is 15.2. The maximum Gasteiger partial charge on any atom is 0.338 e. The van der Waals surface area contributed by atoms with Gasteiger partial charge in [0.1, 0.15) is 11.4 Å². The van der Waals surface area contributed by atoms with E-state index in [2.05, 4.69) is 5.10 Å². The van der Waals surface area contributed by atoms with Gasteiger partial charge in [-0.3, -0.25) is 19.6 Å². The Morgan fingerprint density at radius 1 is 1.21 bits per heavy atom. The summed E-state index contributed by atoms with van der Waals surface area (Å²) in [7, 11) is 0. The average molecular weight is 399 g/mol. The third-order valence-corrected chi connectivity index (χ3v) is 5.09. The van der Waals surface area contributed by atoms with Gasteiger partial charge in [0, 0.05) is 0 Å². The smallest absolute Gasteiger partial charge is 0.338 e. The van der Waals surface area contributed by atoms with Crippen LogP contribution < -0.4 is 0 Å². The van der Waals surface area contributed by atoms with Crippen LogP contribution in [0.3, 0.4) is 0 Å². The third-order valence-electron chi connectivity index (χ3n) is 4.18. The van der Waals surface area contributed by atoms with Crippen LogP contribution in [-0.2, 0) is 11.3 Å². The van der Waals surface area contributed by atoms with Crippen molar-refractivity contribution in [3.63, 3.8) is 0 Å². The number of Topliss-reactive ketones (excluding diaryl/α,β-unsaturated/α-hetero) is 1. The van der Waals surface area contributed by atoms with Gasteiger partial charge in [-0.1, -0.05) is 18.2 Å². The fourth-order valence-corrected chi connectivity index (χ4v) is 3.40. The van der Waals surface area contributed by atoms with Crippen molar-refractivity contribution in [1.82, 2.24) is 9.78 Å². The predicted molar refractivity (Wildman–Crippen MR) is 103 cm³/mol. The zero-order chi connectivity index (χ0) is 20.3. The number of hydrogen-bond acceptors (Lipinski definition) is 7. The normalized spacial score (nSPS) is 10.6. The lowest BCUT2D eigenvalue weighted by Gasteiger charge is -2.06. The van der Waals surface area contributed by atoms with E-state index in [0.29, 0.717) is 28.4 Å². The summed E-state index contributed by atoms with van der Waals surface area (Å²) in [4.78, 5) is 35.2. The summed E-state index contributed by atoms with van der Waals surface area (Å²) < 4.78 is 6.62. The van der Waals surface area contributed by atoms with E-state index in [1.54, 1.807) is 60.3 Å². The first kappa shape index (κ1) is 19.4. The molecule has 9 heteroatoms. The maximum atomic E-state index is 12.1. The van der Waals surface area contributed by atoms with Crippen LogP contribution in [0, 0.1) is 24.0 Å². The Morgan fingerprint density at radius 3 is 2.50 bits per heavy atom. The van der Waals surface area contributed by atoms with E-state index >= 15 is 0 Å². The molecule has 0 N–H and O–H groups in total. The molecule has 0 saturated carbocycles. The third kappa shape index (κ3) is 4.15. The number of ether oxygens (including phenoxy) is 1. The fraction of sp³-hybridized carbons (Fsp3) is 0.211. The van der Waals surface area contributed by atoms with E-state index in [1.807, 2.05) is 0 Å². The number of benzene rings is 1. The van der Waals surface area contributed by atoms with Gasteiger partial charge < -0.3 is 4.74 Å². The molecule has 0 atom stereocenters. The molecule has 3 aromatic rings. The first-order valence-corrected chi connectivity index (χ1v) is 9.26. The number of ketones is 1. The molecule has 2 aromatic heterocycles. The van der Waals surface area contributed by atoms with Gasteiger partial charge in [-0.05, 0) is 43.0 Å². The van der Waals surface area contributed by atoms with Crippen LogP contribution in [0.4, 0.5) is 5.69 Å². The molecular weight excluding hydrogens is 382 g/mol. The Labute approximate surface area is 164 Å². The van der Waals surface area contributed by atoms with Crippen molar-refractivity contribution < 1.29 is 19.2 Å². The number of aryl methyl sites for hydroxylation is 1. The highest BCUT2D eigenvalue weighted by atomic mass is 32.1. The summed E-state index contributed by atoms with van der Waals surface area (Å²) in [6, 6.07) is 10.1. The van der Waals surface area contributed by atoms with Crippen molar-refractivity contribution in [3.8, 4) is 0 Å². The van der Waals surface area contributed by atoms with E-state index < -0.39 is 10.9 Å².